The van der Waals surface area contributed by atoms with E-state index in [9.17, 15) is 9.59 Å². The van der Waals surface area contributed by atoms with Gasteiger partial charge in [-0.15, -0.1) is 0 Å². The predicted octanol–water partition coefficient (Wildman–Crippen LogP) is 2.03. The van der Waals surface area contributed by atoms with Crippen molar-refractivity contribution in [2.45, 2.75) is 26.8 Å². The number of hydrogen-bond donors (Lipinski definition) is 1. The second-order valence-corrected chi connectivity index (χ2v) is 5.18. The molecule has 22 heavy (non-hydrogen) atoms. The van der Waals surface area contributed by atoms with Crippen molar-refractivity contribution >= 4 is 5.91 Å². The van der Waals surface area contributed by atoms with Crippen molar-refractivity contribution in [3.05, 3.63) is 63.6 Å². The Morgan fingerprint density at radius 2 is 1.91 bits per heavy atom. The van der Waals surface area contributed by atoms with Crippen LogP contribution < -0.4 is 16.0 Å². The number of ether oxygens (including phenoxy) is 1. The molecule has 1 aromatic heterocycles. The summed E-state index contributed by atoms with van der Waals surface area (Å²) in [5, 5.41) is 0. The van der Waals surface area contributed by atoms with Crippen LogP contribution in [0.3, 0.4) is 0 Å². The number of carbonyl (C=O) groups is 1. The van der Waals surface area contributed by atoms with Crippen LogP contribution in [0.25, 0.3) is 0 Å². The van der Waals surface area contributed by atoms with Gasteiger partial charge in [0.25, 0.3) is 11.5 Å². The number of amides is 1. The molecule has 0 aliphatic carbocycles. The molecular weight excluding hydrogens is 280 g/mol. The first kappa shape index (κ1) is 15.8. The van der Waals surface area contributed by atoms with Crippen LogP contribution in [0.4, 0.5) is 0 Å². The fourth-order valence-electron chi connectivity index (χ4n) is 2.43. The van der Waals surface area contributed by atoms with Gasteiger partial charge in [-0.2, -0.15) is 0 Å². The molecule has 0 atom stereocenters. The fourth-order valence-corrected chi connectivity index (χ4v) is 2.43. The number of carbonyl (C=O) groups excluding carboxylic acids is 1. The molecule has 5 nitrogen and oxygen atoms in total. The first-order valence-electron chi connectivity index (χ1n) is 7.19. The summed E-state index contributed by atoms with van der Waals surface area (Å²) in [5.74, 6) is 0.116. The summed E-state index contributed by atoms with van der Waals surface area (Å²) in [6.45, 7) is 4.54. The Bertz CT molecular complexity index is 721. The third-order valence-electron chi connectivity index (χ3n) is 3.49. The SMILES string of the molecule is Cc1cc(C)n(CCCOc2ccccc2)c(=O)c1C(N)=O. The van der Waals surface area contributed by atoms with Gasteiger partial charge in [-0.25, -0.2) is 0 Å². The molecule has 0 aliphatic heterocycles. The van der Waals surface area contributed by atoms with E-state index in [1.165, 1.54) is 0 Å². The maximum absolute atomic E-state index is 12.3. The van der Waals surface area contributed by atoms with Crippen molar-refractivity contribution in [3.8, 4) is 5.75 Å². The summed E-state index contributed by atoms with van der Waals surface area (Å²) in [5.41, 5.74) is 6.45. The zero-order valence-corrected chi connectivity index (χ0v) is 12.8. The number of aromatic nitrogens is 1. The van der Waals surface area contributed by atoms with E-state index >= 15 is 0 Å². The standard InChI is InChI=1S/C17H20N2O3/c1-12-11-13(2)19(17(21)15(12)16(18)20)9-6-10-22-14-7-4-3-5-8-14/h3-5,7-8,11H,6,9-10H2,1-2H3,(H2,18,20). The molecule has 0 aliphatic rings. The average molecular weight is 300 g/mol. The maximum atomic E-state index is 12.3. The maximum Gasteiger partial charge on any atom is 0.263 e. The normalized spacial score (nSPS) is 10.5. The topological polar surface area (TPSA) is 74.3 Å². The minimum Gasteiger partial charge on any atom is -0.494 e. The number of benzene rings is 1. The Labute approximate surface area is 129 Å². The van der Waals surface area contributed by atoms with Crippen molar-refractivity contribution in [2.24, 2.45) is 5.73 Å². The molecule has 0 spiro atoms. The van der Waals surface area contributed by atoms with Crippen LogP contribution in [-0.2, 0) is 6.54 Å². The average Bonchev–Trinajstić information content (AvgIpc) is 2.46. The van der Waals surface area contributed by atoms with Gasteiger partial charge < -0.3 is 15.0 Å². The Kier molecular flexibility index (Phi) is 4.99. The van der Waals surface area contributed by atoms with E-state index in [4.69, 9.17) is 10.5 Å². The monoisotopic (exact) mass is 300 g/mol. The quantitative estimate of drug-likeness (QED) is 0.830. The number of aryl methyl sites for hydroxylation is 2. The summed E-state index contributed by atoms with van der Waals surface area (Å²) in [6.07, 6.45) is 0.664. The lowest BCUT2D eigenvalue weighted by Gasteiger charge is -2.13. The zero-order chi connectivity index (χ0) is 16.1. The lowest BCUT2D eigenvalue weighted by molar-refractivity contribution is 0.0997. The summed E-state index contributed by atoms with van der Waals surface area (Å²) < 4.78 is 7.17. The van der Waals surface area contributed by atoms with E-state index in [1.54, 1.807) is 17.6 Å². The number of hydrogen-bond acceptors (Lipinski definition) is 3. The minimum atomic E-state index is -0.684. The van der Waals surface area contributed by atoms with Crippen molar-refractivity contribution in [2.75, 3.05) is 6.61 Å². The number of pyridine rings is 1. The number of para-hydroxylation sites is 1. The van der Waals surface area contributed by atoms with E-state index in [0.29, 0.717) is 25.1 Å². The smallest absolute Gasteiger partial charge is 0.263 e. The van der Waals surface area contributed by atoms with Crippen LogP contribution in [0.1, 0.15) is 28.0 Å². The van der Waals surface area contributed by atoms with E-state index < -0.39 is 5.91 Å². The molecule has 0 saturated heterocycles. The molecule has 0 saturated carbocycles. The highest BCUT2D eigenvalue weighted by molar-refractivity contribution is 5.93. The van der Waals surface area contributed by atoms with Gasteiger partial charge in [0.2, 0.25) is 0 Å². The molecule has 2 N–H and O–H groups in total. The fraction of sp³-hybridized carbons (Fsp3) is 0.294. The molecule has 1 aromatic carbocycles. The summed E-state index contributed by atoms with van der Waals surface area (Å²) in [4.78, 5) is 23.7. The lowest BCUT2D eigenvalue weighted by Crippen LogP contribution is -2.32. The Morgan fingerprint density at radius 1 is 1.23 bits per heavy atom. The number of nitrogens with zero attached hydrogens (tertiary/aromatic N) is 1. The highest BCUT2D eigenvalue weighted by atomic mass is 16.5. The van der Waals surface area contributed by atoms with Gasteiger partial charge in [0.15, 0.2) is 0 Å². The van der Waals surface area contributed by atoms with E-state index in [0.717, 1.165) is 11.4 Å². The number of primary amides is 1. The van der Waals surface area contributed by atoms with Crippen molar-refractivity contribution in [1.82, 2.24) is 4.57 Å². The van der Waals surface area contributed by atoms with Crippen molar-refractivity contribution in [3.63, 3.8) is 0 Å². The molecule has 0 radical (unpaired) electrons. The summed E-state index contributed by atoms with van der Waals surface area (Å²) >= 11 is 0. The van der Waals surface area contributed by atoms with Crippen LogP contribution >= 0.6 is 0 Å². The molecule has 5 heteroatoms. The Hall–Kier alpha value is -2.56. The van der Waals surface area contributed by atoms with Gasteiger partial charge in [0.05, 0.1) is 6.61 Å². The highest BCUT2D eigenvalue weighted by Gasteiger charge is 2.14. The van der Waals surface area contributed by atoms with Crippen LogP contribution in [0, 0.1) is 13.8 Å². The first-order chi connectivity index (χ1) is 10.5. The molecule has 0 fully saturated rings. The molecule has 0 unspecified atom stereocenters. The van der Waals surface area contributed by atoms with E-state index in [-0.39, 0.29) is 11.1 Å². The van der Waals surface area contributed by atoms with Gasteiger partial charge in [0, 0.05) is 12.2 Å². The zero-order valence-electron chi connectivity index (χ0n) is 12.8. The minimum absolute atomic E-state index is 0.0644. The molecule has 0 bridgehead atoms. The summed E-state index contributed by atoms with van der Waals surface area (Å²) in [6, 6.07) is 11.3. The highest BCUT2D eigenvalue weighted by Crippen LogP contribution is 2.09. The van der Waals surface area contributed by atoms with Crippen LogP contribution in [0.15, 0.2) is 41.2 Å². The largest absolute Gasteiger partial charge is 0.494 e. The molecule has 1 heterocycles. The third-order valence-corrected chi connectivity index (χ3v) is 3.49. The van der Waals surface area contributed by atoms with Gasteiger partial charge in [-0.1, -0.05) is 18.2 Å². The molecule has 116 valence electrons. The molecule has 1 amide bonds. The van der Waals surface area contributed by atoms with Crippen molar-refractivity contribution < 1.29 is 9.53 Å². The van der Waals surface area contributed by atoms with Crippen LogP contribution in [-0.4, -0.2) is 17.1 Å². The molecular formula is C17H20N2O3. The van der Waals surface area contributed by atoms with E-state index in [1.807, 2.05) is 37.3 Å². The number of rotatable bonds is 6. The van der Waals surface area contributed by atoms with Gasteiger partial charge in [-0.3, -0.25) is 9.59 Å². The van der Waals surface area contributed by atoms with Crippen molar-refractivity contribution in [1.29, 1.82) is 0 Å². The number of nitrogens with two attached hydrogens (primary N) is 1. The third kappa shape index (κ3) is 3.55. The molecule has 2 aromatic rings. The van der Waals surface area contributed by atoms with Gasteiger partial charge >= 0.3 is 0 Å². The Balaban J connectivity index is 2.05. The predicted molar refractivity (Wildman–Crippen MR) is 85.2 cm³/mol. The molecule has 2 rings (SSSR count). The second-order valence-electron chi connectivity index (χ2n) is 5.18. The van der Waals surface area contributed by atoms with Crippen LogP contribution in [0.2, 0.25) is 0 Å². The summed E-state index contributed by atoms with van der Waals surface area (Å²) in [7, 11) is 0. The van der Waals surface area contributed by atoms with E-state index in [2.05, 4.69) is 0 Å². The van der Waals surface area contributed by atoms with Gasteiger partial charge in [-0.05, 0) is 44.0 Å². The van der Waals surface area contributed by atoms with Gasteiger partial charge in [0.1, 0.15) is 11.3 Å². The first-order valence-corrected chi connectivity index (χ1v) is 7.19. The van der Waals surface area contributed by atoms with Crippen LogP contribution in [0.5, 0.6) is 5.75 Å². The Morgan fingerprint density at radius 3 is 2.55 bits per heavy atom. The lowest BCUT2D eigenvalue weighted by atomic mass is 10.1. The second kappa shape index (κ2) is 6.93.